The Bertz CT molecular complexity index is 903. The average Bonchev–Trinajstić information content (AvgIpc) is 2.62. The van der Waals surface area contributed by atoms with Gasteiger partial charge in [-0.15, -0.1) is 0 Å². The molecule has 3 rings (SSSR count). The lowest BCUT2D eigenvalue weighted by molar-refractivity contribution is -0.118. The Morgan fingerprint density at radius 1 is 1.28 bits per heavy atom. The number of carbonyl (C=O) groups excluding carboxylic acids is 1. The number of aromatic carboxylic acids is 1. The highest BCUT2D eigenvalue weighted by Crippen LogP contribution is 2.25. The average molecular weight is 348 g/mol. The molecule has 2 N–H and O–H groups in total. The van der Waals surface area contributed by atoms with Crippen molar-refractivity contribution in [2.45, 2.75) is 0 Å². The number of carboxylic acids is 1. The fraction of sp³-hybridized carbons (Fsp3) is 0.312. The Labute approximate surface area is 142 Å². The Morgan fingerprint density at radius 3 is 2.52 bits per heavy atom. The number of halogens is 1. The standard InChI is InChI=1S/C16H17FN4O4/c1-18-21-8-11(16(24)25)15(23)10-6-12(17)14(7-13(10)21)20-4-2-19(9-22)3-5-20/h6-9,18H,2-5H2,1H3,(H,24,25). The van der Waals surface area contributed by atoms with Crippen LogP contribution >= 0.6 is 0 Å². The summed E-state index contributed by atoms with van der Waals surface area (Å²) >= 11 is 0. The zero-order valence-electron chi connectivity index (χ0n) is 13.5. The molecule has 1 aromatic heterocycles. The van der Waals surface area contributed by atoms with E-state index in [1.54, 1.807) is 16.8 Å². The van der Waals surface area contributed by atoms with Crippen LogP contribution in [0.4, 0.5) is 10.1 Å². The highest BCUT2D eigenvalue weighted by atomic mass is 19.1. The lowest BCUT2D eigenvalue weighted by Crippen LogP contribution is -2.46. The molecule has 2 heterocycles. The fourth-order valence-corrected chi connectivity index (χ4v) is 2.98. The number of nitrogens with zero attached hydrogens (tertiary/aromatic N) is 3. The molecule has 0 unspecified atom stereocenters. The number of anilines is 1. The van der Waals surface area contributed by atoms with Crippen molar-refractivity contribution in [3.63, 3.8) is 0 Å². The quantitative estimate of drug-likeness (QED) is 0.772. The summed E-state index contributed by atoms with van der Waals surface area (Å²) < 4.78 is 16.0. The molecule has 0 spiro atoms. The van der Waals surface area contributed by atoms with Crippen LogP contribution in [0.3, 0.4) is 0 Å². The Morgan fingerprint density at radius 2 is 1.96 bits per heavy atom. The first-order valence-electron chi connectivity index (χ1n) is 7.70. The number of aromatic nitrogens is 1. The van der Waals surface area contributed by atoms with Gasteiger partial charge in [-0.05, 0) is 12.1 Å². The minimum Gasteiger partial charge on any atom is -0.477 e. The zero-order valence-corrected chi connectivity index (χ0v) is 13.5. The molecule has 0 saturated carbocycles. The molecule has 25 heavy (non-hydrogen) atoms. The van der Waals surface area contributed by atoms with Crippen LogP contribution in [0.2, 0.25) is 0 Å². The molecule has 132 valence electrons. The van der Waals surface area contributed by atoms with Crippen LogP contribution in [0.1, 0.15) is 10.4 Å². The second kappa shape index (κ2) is 6.42. The molecule has 1 aliphatic heterocycles. The zero-order chi connectivity index (χ0) is 18.1. The predicted octanol–water partition coefficient (Wildman–Crippen LogP) is 0.291. The Balaban J connectivity index is 2.13. The normalized spacial score (nSPS) is 14.6. The number of carboxylic acid groups (broad SMARTS) is 1. The summed E-state index contributed by atoms with van der Waals surface area (Å²) in [6.07, 6.45) is 1.94. The molecule has 8 nitrogen and oxygen atoms in total. The van der Waals surface area contributed by atoms with Crippen molar-refractivity contribution in [2.24, 2.45) is 0 Å². The van der Waals surface area contributed by atoms with Gasteiger partial charge in [-0.25, -0.2) is 9.18 Å². The third kappa shape index (κ3) is 2.88. The maximum Gasteiger partial charge on any atom is 0.341 e. The van der Waals surface area contributed by atoms with E-state index in [-0.39, 0.29) is 5.39 Å². The number of hydrogen-bond donors (Lipinski definition) is 2. The van der Waals surface area contributed by atoms with Crippen molar-refractivity contribution in [2.75, 3.05) is 43.6 Å². The first-order chi connectivity index (χ1) is 12.0. The number of fused-ring (bicyclic) bond motifs is 1. The first kappa shape index (κ1) is 16.7. The van der Waals surface area contributed by atoms with Gasteiger partial charge in [0.05, 0.1) is 16.6 Å². The summed E-state index contributed by atoms with van der Waals surface area (Å²) in [6.45, 7) is 1.91. The molecule has 1 aliphatic rings. The second-order valence-electron chi connectivity index (χ2n) is 5.72. The largest absolute Gasteiger partial charge is 0.477 e. The molecule has 1 amide bonds. The van der Waals surface area contributed by atoms with Crippen molar-refractivity contribution in [3.8, 4) is 0 Å². The Hall–Kier alpha value is -3.10. The van der Waals surface area contributed by atoms with E-state index in [0.29, 0.717) is 37.4 Å². The summed E-state index contributed by atoms with van der Waals surface area (Å²) in [7, 11) is 1.57. The second-order valence-corrected chi connectivity index (χ2v) is 5.72. The van der Waals surface area contributed by atoms with Crippen molar-refractivity contribution >= 4 is 29.0 Å². The first-order valence-corrected chi connectivity index (χ1v) is 7.70. The van der Waals surface area contributed by atoms with E-state index in [2.05, 4.69) is 5.43 Å². The van der Waals surface area contributed by atoms with Gasteiger partial charge in [0.15, 0.2) is 0 Å². The maximum absolute atomic E-state index is 14.6. The van der Waals surface area contributed by atoms with Gasteiger partial charge in [0, 0.05) is 39.4 Å². The van der Waals surface area contributed by atoms with Crippen LogP contribution in [0.5, 0.6) is 0 Å². The van der Waals surface area contributed by atoms with Gasteiger partial charge in [0.1, 0.15) is 11.4 Å². The summed E-state index contributed by atoms with van der Waals surface area (Å²) in [5, 5.41) is 9.13. The van der Waals surface area contributed by atoms with Crippen LogP contribution in [-0.2, 0) is 4.79 Å². The number of amides is 1. The van der Waals surface area contributed by atoms with E-state index in [9.17, 15) is 18.8 Å². The van der Waals surface area contributed by atoms with E-state index in [1.165, 1.54) is 16.9 Å². The van der Waals surface area contributed by atoms with Gasteiger partial charge < -0.3 is 20.3 Å². The van der Waals surface area contributed by atoms with Gasteiger partial charge >= 0.3 is 5.97 Å². The number of pyridine rings is 1. The minimum absolute atomic E-state index is 0.0120. The summed E-state index contributed by atoms with van der Waals surface area (Å²) in [6, 6.07) is 2.59. The number of piperazine rings is 1. The third-order valence-electron chi connectivity index (χ3n) is 4.35. The molecule has 9 heteroatoms. The molecular formula is C16H17FN4O4. The molecule has 0 aliphatic carbocycles. The molecule has 2 aromatic rings. The SMILES string of the molecule is CNn1cc(C(=O)O)c(=O)c2cc(F)c(N3CCN(C=O)CC3)cc21. The van der Waals surface area contributed by atoms with E-state index in [1.807, 2.05) is 0 Å². The van der Waals surface area contributed by atoms with E-state index < -0.39 is 22.8 Å². The summed E-state index contributed by atoms with van der Waals surface area (Å²) in [5.74, 6) is -1.97. The monoisotopic (exact) mass is 348 g/mol. The van der Waals surface area contributed by atoms with E-state index >= 15 is 0 Å². The lowest BCUT2D eigenvalue weighted by Gasteiger charge is -2.34. The highest BCUT2D eigenvalue weighted by Gasteiger charge is 2.22. The number of carbonyl (C=O) groups is 2. The lowest BCUT2D eigenvalue weighted by atomic mass is 10.1. The molecule has 1 fully saturated rings. The number of nitrogens with one attached hydrogen (secondary N) is 1. The van der Waals surface area contributed by atoms with Gasteiger partial charge in [0.2, 0.25) is 11.8 Å². The molecule has 1 saturated heterocycles. The van der Waals surface area contributed by atoms with Crippen molar-refractivity contribution in [1.29, 1.82) is 0 Å². The predicted molar refractivity (Wildman–Crippen MR) is 90.3 cm³/mol. The molecule has 1 aromatic carbocycles. The van der Waals surface area contributed by atoms with E-state index in [4.69, 9.17) is 5.11 Å². The Kier molecular flexibility index (Phi) is 4.30. The van der Waals surface area contributed by atoms with Gasteiger partial charge in [-0.2, -0.15) is 0 Å². The van der Waals surface area contributed by atoms with Gasteiger partial charge in [-0.1, -0.05) is 0 Å². The summed E-state index contributed by atoms with van der Waals surface area (Å²) in [4.78, 5) is 37.7. The van der Waals surface area contributed by atoms with Crippen molar-refractivity contribution in [3.05, 3.63) is 39.9 Å². The van der Waals surface area contributed by atoms with E-state index in [0.717, 1.165) is 12.5 Å². The molecule has 0 atom stereocenters. The smallest absolute Gasteiger partial charge is 0.341 e. The minimum atomic E-state index is -1.37. The molecule has 0 radical (unpaired) electrons. The summed E-state index contributed by atoms with van der Waals surface area (Å²) in [5.41, 5.74) is 2.30. The van der Waals surface area contributed by atoms with Crippen LogP contribution in [0.15, 0.2) is 23.1 Å². The fourth-order valence-electron chi connectivity index (χ4n) is 2.98. The highest BCUT2D eigenvalue weighted by molar-refractivity contribution is 5.93. The number of benzene rings is 1. The molecular weight excluding hydrogens is 331 g/mol. The van der Waals surface area contributed by atoms with Crippen molar-refractivity contribution in [1.82, 2.24) is 9.58 Å². The third-order valence-corrected chi connectivity index (χ3v) is 4.35. The van der Waals surface area contributed by atoms with Gasteiger partial charge in [0.25, 0.3) is 0 Å². The van der Waals surface area contributed by atoms with Crippen LogP contribution in [-0.4, -0.2) is 60.3 Å². The maximum atomic E-state index is 14.6. The topological polar surface area (TPSA) is 94.9 Å². The van der Waals surface area contributed by atoms with Crippen LogP contribution in [0, 0.1) is 5.82 Å². The molecule has 0 bridgehead atoms. The number of rotatable bonds is 4. The van der Waals surface area contributed by atoms with Crippen molar-refractivity contribution < 1.29 is 19.1 Å². The number of hydrogen-bond acceptors (Lipinski definition) is 5. The van der Waals surface area contributed by atoms with Crippen LogP contribution < -0.4 is 15.8 Å². The van der Waals surface area contributed by atoms with Crippen LogP contribution in [0.25, 0.3) is 10.9 Å². The van der Waals surface area contributed by atoms with Gasteiger partial charge in [-0.3, -0.25) is 14.3 Å².